The zero-order valence-electron chi connectivity index (χ0n) is 12.1. The van der Waals surface area contributed by atoms with Crippen molar-refractivity contribution in [2.45, 2.75) is 51.2 Å². The van der Waals surface area contributed by atoms with E-state index in [1.165, 1.54) is 25.3 Å². The lowest BCUT2D eigenvalue weighted by molar-refractivity contribution is -0.128. The Hall–Kier alpha value is -1.73. The Morgan fingerprint density at radius 1 is 1.43 bits per heavy atom. The summed E-state index contributed by atoms with van der Waals surface area (Å²) in [6.45, 7) is 1.70. The molecule has 21 heavy (non-hydrogen) atoms. The number of ether oxygens (including phenoxy) is 1. The van der Waals surface area contributed by atoms with E-state index in [1.807, 2.05) is 6.07 Å². The summed E-state index contributed by atoms with van der Waals surface area (Å²) >= 11 is 6.04. The second kappa shape index (κ2) is 7.33. The number of benzene rings is 1. The first-order valence-electron chi connectivity index (χ1n) is 7.27. The van der Waals surface area contributed by atoms with Gasteiger partial charge in [0.1, 0.15) is 5.75 Å². The van der Waals surface area contributed by atoms with Gasteiger partial charge in [-0.2, -0.15) is 5.26 Å². The van der Waals surface area contributed by atoms with Crippen LogP contribution in [0.15, 0.2) is 18.2 Å². The molecule has 1 aromatic rings. The maximum Gasteiger partial charge on any atom is 0.260 e. The Balaban J connectivity index is 1.92. The summed E-state index contributed by atoms with van der Waals surface area (Å²) in [5, 5.41) is 12.2. The van der Waals surface area contributed by atoms with Crippen molar-refractivity contribution in [2.75, 3.05) is 0 Å². The summed E-state index contributed by atoms with van der Waals surface area (Å²) in [4.78, 5) is 12.1. The standard InChI is InChI=1S/C16H19ClN2O2/c1-11(16(20)19-13-5-3-2-4-6-13)21-15-8-7-12(10-18)9-14(15)17/h7-9,11,13H,2-6H2,1H3,(H,19,20). The number of hydrogen-bond acceptors (Lipinski definition) is 3. The van der Waals surface area contributed by atoms with Crippen LogP contribution in [0.2, 0.25) is 5.02 Å². The molecule has 112 valence electrons. The number of rotatable bonds is 4. The third-order valence-electron chi connectivity index (χ3n) is 3.69. The summed E-state index contributed by atoms with van der Waals surface area (Å²) in [6, 6.07) is 7.03. The third-order valence-corrected chi connectivity index (χ3v) is 3.98. The van der Waals surface area contributed by atoms with E-state index in [0.717, 1.165) is 12.8 Å². The van der Waals surface area contributed by atoms with Gasteiger partial charge in [0.2, 0.25) is 0 Å². The Kier molecular flexibility index (Phi) is 5.46. The highest BCUT2D eigenvalue weighted by atomic mass is 35.5. The van der Waals surface area contributed by atoms with Crippen molar-refractivity contribution in [3.05, 3.63) is 28.8 Å². The topological polar surface area (TPSA) is 62.1 Å². The summed E-state index contributed by atoms with van der Waals surface area (Å²) < 4.78 is 5.59. The first-order valence-corrected chi connectivity index (χ1v) is 7.64. The van der Waals surface area contributed by atoms with Crippen molar-refractivity contribution >= 4 is 17.5 Å². The van der Waals surface area contributed by atoms with E-state index in [-0.39, 0.29) is 11.9 Å². The van der Waals surface area contributed by atoms with E-state index >= 15 is 0 Å². The Labute approximate surface area is 130 Å². The van der Waals surface area contributed by atoms with Gasteiger partial charge < -0.3 is 10.1 Å². The van der Waals surface area contributed by atoms with Gasteiger partial charge in [0.05, 0.1) is 16.7 Å². The molecular formula is C16H19ClN2O2. The van der Waals surface area contributed by atoms with E-state index in [1.54, 1.807) is 19.1 Å². The molecule has 1 aromatic carbocycles. The molecule has 5 heteroatoms. The van der Waals surface area contributed by atoms with Gasteiger partial charge in [0.25, 0.3) is 5.91 Å². The van der Waals surface area contributed by atoms with Crippen LogP contribution in [-0.2, 0) is 4.79 Å². The molecule has 0 spiro atoms. The first kappa shape index (κ1) is 15.7. The zero-order valence-corrected chi connectivity index (χ0v) is 12.8. The Morgan fingerprint density at radius 3 is 2.76 bits per heavy atom. The Morgan fingerprint density at radius 2 is 2.14 bits per heavy atom. The highest BCUT2D eigenvalue weighted by Crippen LogP contribution is 2.26. The van der Waals surface area contributed by atoms with E-state index in [4.69, 9.17) is 21.6 Å². The minimum absolute atomic E-state index is 0.123. The lowest BCUT2D eigenvalue weighted by Crippen LogP contribution is -2.43. The van der Waals surface area contributed by atoms with Crippen LogP contribution in [0.5, 0.6) is 5.75 Å². The monoisotopic (exact) mass is 306 g/mol. The molecule has 1 aliphatic rings. The lowest BCUT2D eigenvalue weighted by Gasteiger charge is -2.24. The quantitative estimate of drug-likeness (QED) is 0.927. The van der Waals surface area contributed by atoms with E-state index in [9.17, 15) is 4.79 Å². The molecule has 1 saturated carbocycles. The van der Waals surface area contributed by atoms with Crippen molar-refractivity contribution in [3.63, 3.8) is 0 Å². The number of carbonyl (C=O) groups excluding carboxylic acids is 1. The number of halogens is 1. The normalized spacial score (nSPS) is 16.8. The molecule has 0 saturated heterocycles. The van der Waals surface area contributed by atoms with Crippen molar-refractivity contribution in [1.82, 2.24) is 5.32 Å². The van der Waals surface area contributed by atoms with Gasteiger partial charge in [0, 0.05) is 6.04 Å². The molecule has 0 bridgehead atoms. The molecule has 1 aliphatic carbocycles. The predicted molar refractivity (Wildman–Crippen MR) is 81.3 cm³/mol. The molecule has 0 aromatic heterocycles. The number of carbonyl (C=O) groups is 1. The zero-order chi connectivity index (χ0) is 15.2. The minimum atomic E-state index is -0.614. The summed E-state index contributed by atoms with van der Waals surface area (Å²) in [5.74, 6) is 0.296. The van der Waals surface area contributed by atoms with Crippen molar-refractivity contribution < 1.29 is 9.53 Å². The summed E-state index contributed by atoms with van der Waals surface area (Å²) in [7, 11) is 0. The number of hydrogen-bond donors (Lipinski definition) is 1. The highest BCUT2D eigenvalue weighted by molar-refractivity contribution is 6.32. The van der Waals surface area contributed by atoms with Gasteiger partial charge >= 0.3 is 0 Å². The SMILES string of the molecule is CC(Oc1ccc(C#N)cc1Cl)C(=O)NC1CCCCC1. The highest BCUT2D eigenvalue weighted by Gasteiger charge is 2.21. The molecular weight excluding hydrogens is 288 g/mol. The molecule has 1 atom stereocenters. The van der Waals surface area contributed by atoms with Crippen molar-refractivity contribution in [1.29, 1.82) is 5.26 Å². The lowest BCUT2D eigenvalue weighted by atomic mass is 9.95. The fourth-order valence-corrected chi connectivity index (χ4v) is 2.70. The van der Waals surface area contributed by atoms with Gasteiger partial charge in [-0.05, 0) is 38.0 Å². The molecule has 1 fully saturated rings. The van der Waals surface area contributed by atoms with Gasteiger partial charge in [-0.15, -0.1) is 0 Å². The minimum Gasteiger partial charge on any atom is -0.479 e. The first-order chi connectivity index (χ1) is 10.1. The largest absolute Gasteiger partial charge is 0.479 e. The number of nitrogens with one attached hydrogen (secondary N) is 1. The average molecular weight is 307 g/mol. The molecule has 1 unspecified atom stereocenters. The fourth-order valence-electron chi connectivity index (χ4n) is 2.48. The average Bonchev–Trinajstić information content (AvgIpc) is 2.50. The molecule has 0 aliphatic heterocycles. The molecule has 1 N–H and O–H groups in total. The number of nitrogens with zero attached hydrogens (tertiary/aromatic N) is 1. The van der Waals surface area contributed by atoms with Crippen LogP contribution in [0.4, 0.5) is 0 Å². The van der Waals surface area contributed by atoms with Gasteiger partial charge in [-0.3, -0.25) is 4.79 Å². The molecule has 1 amide bonds. The van der Waals surface area contributed by atoms with Crippen LogP contribution in [-0.4, -0.2) is 18.1 Å². The second-order valence-electron chi connectivity index (χ2n) is 5.36. The van der Waals surface area contributed by atoms with Crippen molar-refractivity contribution in [2.24, 2.45) is 0 Å². The van der Waals surface area contributed by atoms with Gasteiger partial charge in [-0.25, -0.2) is 0 Å². The molecule has 0 heterocycles. The van der Waals surface area contributed by atoms with Crippen LogP contribution in [0.3, 0.4) is 0 Å². The van der Waals surface area contributed by atoms with E-state index < -0.39 is 6.10 Å². The van der Waals surface area contributed by atoms with Crippen LogP contribution < -0.4 is 10.1 Å². The molecule has 4 nitrogen and oxygen atoms in total. The van der Waals surface area contributed by atoms with Gasteiger partial charge in [-0.1, -0.05) is 30.9 Å². The maximum atomic E-state index is 12.1. The van der Waals surface area contributed by atoms with Crippen LogP contribution in [0.1, 0.15) is 44.6 Å². The predicted octanol–water partition coefficient (Wildman–Crippen LogP) is 3.43. The smallest absolute Gasteiger partial charge is 0.260 e. The summed E-state index contributed by atoms with van der Waals surface area (Å²) in [6.07, 6.45) is 5.05. The van der Waals surface area contributed by atoms with Crippen LogP contribution in [0.25, 0.3) is 0 Å². The second-order valence-corrected chi connectivity index (χ2v) is 5.77. The maximum absolute atomic E-state index is 12.1. The molecule has 0 radical (unpaired) electrons. The summed E-state index contributed by atoms with van der Waals surface area (Å²) in [5.41, 5.74) is 0.465. The number of amides is 1. The van der Waals surface area contributed by atoms with Crippen LogP contribution in [0, 0.1) is 11.3 Å². The third kappa shape index (κ3) is 4.37. The van der Waals surface area contributed by atoms with E-state index in [2.05, 4.69) is 5.32 Å². The van der Waals surface area contributed by atoms with Crippen molar-refractivity contribution in [3.8, 4) is 11.8 Å². The number of nitriles is 1. The van der Waals surface area contributed by atoms with Crippen LogP contribution >= 0.6 is 11.6 Å². The van der Waals surface area contributed by atoms with E-state index in [0.29, 0.717) is 16.3 Å². The van der Waals surface area contributed by atoms with Gasteiger partial charge in [0.15, 0.2) is 6.10 Å². The Bertz CT molecular complexity index is 548. The molecule has 2 rings (SSSR count). The fraction of sp³-hybridized carbons (Fsp3) is 0.500.